The molecule has 120 valence electrons. The third-order valence-corrected chi connectivity index (χ3v) is 4.49. The summed E-state index contributed by atoms with van der Waals surface area (Å²) in [5.74, 6) is -0.216. The molecule has 1 aromatic rings. The fourth-order valence-corrected chi connectivity index (χ4v) is 3.11. The van der Waals surface area contributed by atoms with E-state index in [9.17, 15) is 4.39 Å². The van der Waals surface area contributed by atoms with Gasteiger partial charge in [0.25, 0.3) is 0 Å². The molecule has 2 unspecified atom stereocenters. The van der Waals surface area contributed by atoms with Gasteiger partial charge in [0, 0.05) is 13.2 Å². The number of rotatable bonds is 7. The molecule has 1 N–H and O–H groups in total. The van der Waals surface area contributed by atoms with Gasteiger partial charge in [0.15, 0.2) is 0 Å². The second-order valence-corrected chi connectivity index (χ2v) is 7.29. The largest absolute Gasteiger partial charge is 0.379 e. The van der Waals surface area contributed by atoms with Crippen LogP contribution in [0.5, 0.6) is 0 Å². The average Bonchev–Trinajstić information content (AvgIpc) is 2.40. The molecule has 2 nitrogen and oxygen atoms in total. The van der Waals surface area contributed by atoms with E-state index < -0.39 is 0 Å². The molecule has 0 bridgehead atoms. The number of ether oxygens (including phenoxy) is 1. The first-order chi connectivity index (χ1) is 9.81. The Labute approximate surface area is 136 Å². The quantitative estimate of drug-likeness (QED) is 0.770. The molecule has 0 aliphatic rings. The lowest BCUT2D eigenvalue weighted by atomic mass is 9.82. The lowest BCUT2D eigenvalue weighted by Crippen LogP contribution is -2.49. The number of hydrogen-bond acceptors (Lipinski definition) is 2. The molecule has 0 aliphatic heterocycles. The number of methoxy groups -OCH3 is 1. The Bertz CT molecular complexity index is 445. The average molecular weight is 360 g/mol. The number of benzene rings is 1. The zero-order valence-corrected chi connectivity index (χ0v) is 15.3. The Morgan fingerprint density at radius 2 is 2.00 bits per heavy atom. The van der Waals surface area contributed by atoms with Crippen molar-refractivity contribution in [2.45, 2.75) is 52.7 Å². The molecule has 0 fully saturated rings. The minimum Gasteiger partial charge on any atom is -0.379 e. The Balaban J connectivity index is 2.99. The third kappa shape index (κ3) is 5.35. The number of halogens is 2. The highest BCUT2D eigenvalue weighted by Gasteiger charge is 2.32. The zero-order valence-electron chi connectivity index (χ0n) is 13.7. The van der Waals surface area contributed by atoms with Crippen LogP contribution in [0.4, 0.5) is 4.39 Å². The van der Waals surface area contributed by atoms with Gasteiger partial charge in [-0.15, -0.1) is 0 Å². The minimum absolute atomic E-state index is 0.0138. The molecule has 0 amide bonds. The van der Waals surface area contributed by atoms with Gasteiger partial charge in [0.05, 0.1) is 10.6 Å². The van der Waals surface area contributed by atoms with E-state index in [1.165, 1.54) is 6.07 Å². The normalized spacial score (nSPS) is 15.0. The van der Waals surface area contributed by atoms with Crippen LogP contribution in [-0.4, -0.2) is 25.8 Å². The van der Waals surface area contributed by atoms with Gasteiger partial charge in [-0.1, -0.05) is 39.8 Å². The van der Waals surface area contributed by atoms with E-state index in [0.717, 1.165) is 24.9 Å². The predicted octanol–water partition coefficient (Wildman–Crippen LogP) is 4.56. The number of hydrogen-bond donors (Lipinski definition) is 1. The monoisotopic (exact) mass is 359 g/mol. The van der Waals surface area contributed by atoms with E-state index >= 15 is 0 Å². The molecule has 4 heteroatoms. The van der Waals surface area contributed by atoms with E-state index in [1.54, 1.807) is 13.2 Å². The summed E-state index contributed by atoms with van der Waals surface area (Å²) in [6.07, 6.45) is 1.84. The van der Waals surface area contributed by atoms with Crippen molar-refractivity contribution in [1.29, 1.82) is 0 Å². The summed E-state index contributed by atoms with van der Waals surface area (Å²) in [6, 6.07) is 5.33. The molecule has 1 rings (SSSR count). The molecule has 0 radical (unpaired) electrons. The fraction of sp³-hybridized carbons (Fsp3) is 0.647. The molecule has 0 aromatic heterocycles. The number of nitrogens with one attached hydrogen (secondary N) is 1. The Morgan fingerprint density at radius 3 is 2.52 bits per heavy atom. The Hall–Kier alpha value is -0.450. The lowest BCUT2D eigenvalue weighted by Gasteiger charge is -2.37. The van der Waals surface area contributed by atoms with Gasteiger partial charge in [0.2, 0.25) is 0 Å². The van der Waals surface area contributed by atoms with Crippen LogP contribution in [0.1, 0.15) is 39.7 Å². The molecule has 0 saturated heterocycles. The van der Waals surface area contributed by atoms with Gasteiger partial charge in [-0.3, -0.25) is 0 Å². The lowest BCUT2D eigenvalue weighted by molar-refractivity contribution is -0.0110. The van der Waals surface area contributed by atoms with Crippen LogP contribution >= 0.6 is 15.9 Å². The molecular formula is C17H27BrFNO. The highest BCUT2D eigenvalue weighted by Crippen LogP contribution is 2.28. The molecule has 21 heavy (non-hydrogen) atoms. The summed E-state index contributed by atoms with van der Waals surface area (Å²) >= 11 is 3.35. The predicted molar refractivity (Wildman–Crippen MR) is 90.1 cm³/mol. The summed E-state index contributed by atoms with van der Waals surface area (Å²) in [5.41, 5.74) is 0.981. The van der Waals surface area contributed by atoms with Crippen molar-refractivity contribution >= 4 is 15.9 Å². The van der Waals surface area contributed by atoms with E-state index in [0.29, 0.717) is 4.47 Å². The van der Waals surface area contributed by atoms with Crippen LogP contribution in [-0.2, 0) is 11.2 Å². The smallest absolute Gasteiger partial charge is 0.137 e. The summed E-state index contributed by atoms with van der Waals surface area (Å²) in [5, 5.41) is 3.55. The van der Waals surface area contributed by atoms with Crippen LogP contribution in [0.15, 0.2) is 22.7 Å². The van der Waals surface area contributed by atoms with Crippen molar-refractivity contribution in [1.82, 2.24) is 5.32 Å². The second kappa shape index (κ2) is 8.25. The first-order valence-electron chi connectivity index (χ1n) is 7.50. The molecule has 0 spiro atoms. The standard InChI is InChI=1S/C17H27BrFNO/c1-6-10-20-14(16(21-5)17(2,3)4)11-12-8-7-9-13(19)15(12)18/h7-9,14,16,20H,6,10-11H2,1-5H3. The van der Waals surface area contributed by atoms with E-state index in [-0.39, 0.29) is 23.4 Å². The van der Waals surface area contributed by atoms with Gasteiger partial charge in [-0.05, 0) is 52.4 Å². The maximum Gasteiger partial charge on any atom is 0.137 e. The third-order valence-electron chi connectivity index (χ3n) is 3.60. The van der Waals surface area contributed by atoms with Gasteiger partial charge in [-0.25, -0.2) is 4.39 Å². The topological polar surface area (TPSA) is 21.3 Å². The van der Waals surface area contributed by atoms with Gasteiger partial charge in [-0.2, -0.15) is 0 Å². The van der Waals surface area contributed by atoms with Crippen molar-refractivity contribution in [3.05, 3.63) is 34.1 Å². The van der Waals surface area contributed by atoms with Gasteiger partial charge >= 0.3 is 0 Å². The van der Waals surface area contributed by atoms with Crippen LogP contribution < -0.4 is 5.32 Å². The van der Waals surface area contributed by atoms with E-state index in [1.807, 2.05) is 6.07 Å². The minimum atomic E-state index is -0.216. The van der Waals surface area contributed by atoms with Crippen LogP contribution in [0.25, 0.3) is 0 Å². The fourth-order valence-electron chi connectivity index (χ4n) is 2.68. The van der Waals surface area contributed by atoms with Gasteiger partial charge < -0.3 is 10.1 Å². The zero-order chi connectivity index (χ0) is 16.0. The van der Waals surface area contributed by atoms with Crippen LogP contribution in [0.3, 0.4) is 0 Å². The summed E-state index contributed by atoms with van der Waals surface area (Å²) in [7, 11) is 1.75. The van der Waals surface area contributed by atoms with Crippen LogP contribution in [0.2, 0.25) is 0 Å². The highest BCUT2D eigenvalue weighted by molar-refractivity contribution is 9.10. The van der Waals surface area contributed by atoms with E-state index in [2.05, 4.69) is 48.9 Å². The maximum absolute atomic E-state index is 13.7. The van der Waals surface area contributed by atoms with Gasteiger partial charge in [0.1, 0.15) is 5.82 Å². The molecular weight excluding hydrogens is 333 g/mol. The van der Waals surface area contributed by atoms with Crippen molar-refractivity contribution in [3.63, 3.8) is 0 Å². The second-order valence-electron chi connectivity index (χ2n) is 6.50. The SMILES string of the molecule is CCCNC(Cc1cccc(F)c1Br)C(OC)C(C)(C)C. The first-order valence-corrected chi connectivity index (χ1v) is 8.29. The van der Waals surface area contributed by atoms with Crippen molar-refractivity contribution in [2.75, 3.05) is 13.7 Å². The van der Waals surface area contributed by atoms with Crippen molar-refractivity contribution in [3.8, 4) is 0 Å². The summed E-state index contributed by atoms with van der Waals surface area (Å²) < 4.78 is 20.0. The van der Waals surface area contributed by atoms with E-state index in [4.69, 9.17) is 4.74 Å². The summed E-state index contributed by atoms with van der Waals surface area (Å²) in [6.45, 7) is 9.57. The first kappa shape index (κ1) is 18.6. The Kier molecular flexibility index (Phi) is 7.31. The maximum atomic E-state index is 13.7. The van der Waals surface area contributed by atoms with Crippen molar-refractivity contribution in [2.24, 2.45) is 5.41 Å². The summed E-state index contributed by atoms with van der Waals surface area (Å²) in [4.78, 5) is 0. The molecule has 1 aromatic carbocycles. The molecule has 0 aliphatic carbocycles. The molecule has 2 atom stereocenters. The van der Waals surface area contributed by atoms with Crippen molar-refractivity contribution < 1.29 is 9.13 Å². The highest BCUT2D eigenvalue weighted by atomic mass is 79.9. The van der Waals surface area contributed by atoms with Crippen LogP contribution in [0, 0.1) is 11.2 Å². The molecule has 0 heterocycles. The Morgan fingerprint density at radius 1 is 1.33 bits per heavy atom. The molecule has 0 saturated carbocycles.